The average molecular weight is 222 g/mol. The quantitative estimate of drug-likeness (QED) is 0.442. The molecule has 0 fully saturated rings. The van der Waals surface area contributed by atoms with Gasteiger partial charge in [0.25, 0.3) is 0 Å². The van der Waals surface area contributed by atoms with Gasteiger partial charge in [0.05, 0.1) is 0 Å². The topological polar surface area (TPSA) is 83.8 Å². The Hall–Kier alpha value is -0.750. The molecular formula is C8H14O5S. The fraction of sp³-hybridized carbons (Fsp3) is 0.750. The molecule has 0 bridgehead atoms. The summed E-state index contributed by atoms with van der Waals surface area (Å²) in [6, 6.07) is 0. The normalized spacial score (nSPS) is 14.7. The van der Waals surface area contributed by atoms with E-state index in [0.29, 0.717) is 6.42 Å². The van der Waals surface area contributed by atoms with Crippen LogP contribution in [0.1, 0.15) is 26.2 Å². The molecule has 0 aliphatic carbocycles. The number of ether oxygens (including phenoxy) is 1. The summed E-state index contributed by atoms with van der Waals surface area (Å²) in [4.78, 5) is 20.8. The molecule has 0 aliphatic rings. The molecule has 0 aromatic heterocycles. The van der Waals surface area contributed by atoms with Crippen LogP contribution in [0, 0.1) is 0 Å². The van der Waals surface area contributed by atoms with Crippen molar-refractivity contribution in [2.45, 2.75) is 37.7 Å². The third kappa shape index (κ3) is 5.82. The Morgan fingerprint density at radius 2 is 2.00 bits per heavy atom. The summed E-state index contributed by atoms with van der Waals surface area (Å²) < 4.78 is 5.01. The third-order valence-electron chi connectivity index (χ3n) is 1.57. The molecule has 14 heavy (non-hydrogen) atoms. The predicted octanol–water partition coefficient (Wildman–Crippen LogP) is 0.987. The Kier molecular flexibility index (Phi) is 6.31. The molecule has 0 saturated heterocycles. The van der Waals surface area contributed by atoms with Crippen LogP contribution in [0.3, 0.4) is 0 Å². The van der Waals surface area contributed by atoms with E-state index in [4.69, 9.17) is 14.9 Å². The molecule has 5 nitrogen and oxygen atoms in total. The first-order valence-corrected chi connectivity index (χ1v) is 4.77. The van der Waals surface area contributed by atoms with Gasteiger partial charge in [0.2, 0.25) is 0 Å². The number of carboxylic acid groups (broad SMARTS) is 2. The zero-order chi connectivity index (χ0) is 11.1. The van der Waals surface area contributed by atoms with Crippen molar-refractivity contribution in [1.29, 1.82) is 0 Å². The number of carbonyl (C=O) groups is 2. The van der Waals surface area contributed by atoms with E-state index >= 15 is 0 Å². The highest BCUT2D eigenvalue weighted by atomic mass is 32.1. The van der Waals surface area contributed by atoms with Crippen molar-refractivity contribution in [3.8, 4) is 0 Å². The van der Waals surface area contributed by atoms with Crippen LogP contribution < -0.4 is 0 Å². The van der Waals surface area contributed by atoms with E-state index in [1.807, 2.05) is 0 Å². The molecule has 0 aromatic rings. The molecule has 0 heterocycles. The lowest BCUT2D eigenvalue weighted by molar-refractivity contribution is -0.152. The maximum Gasteiger partial charge on any atom is 0.332 e. The molecule has 2 unspecified atom stereocenters. The molecule has 2 atom stereocenters. The number of hydrogen-bond donors (Lipinski definition) is 3. The average Bonchev–Trinajstić information content (AvgIpc) is 2.10. The Labute approximate surface area is 87.5 Å². The minimum Gasteiger partial charge on any atom is -0.481 e. The summed E-state index contributed by atoms with van der Waals surface area (Å²) >= 11 is 3.98. The van der Waals surface area contributed by atoms with Crippen molar-refractivity contribution in [1.82, 2.24) is 0 Å². The minimum absolute atomic E-state index is 0.0400. The van der Waals surface area contributed by atoms with Crippen LogP contribution in [0.5, 0.6) is 0 Å². The third-order valence-corrected chi connectivity index (χ3v) is 2.05. The van der Waals surface area contributed by atoms with Crippen molar-refractivity contribution in [2.75, 3.05) is 0 Å². The molecule has 0 aliphatic heterocycles. The van der Waals surface area contributed by atoms with Crippen LogP contribution in [0.4, 0.5) is 0 Å². The monoisotopic (exact) mass is 222 g/mol. The van der Waals surface area contributed by atoms with Crippen molar-refractivity contribution in [2.24, 2.45) is 0 Å². The van der Waals surface area contributed by atoms with Crippen LogP contribution >= 0.6 is 12.6 Å². The van der Waals surface area contributed by atoms with Gasteiger partial charge in [0, 0.05) is 6.42 Å². The molecule has 82 valence electrons. The summed E-state index contributed by atoms with van der Waals surface area (Å²) in [7, 11) is 0. The zero-order valence-electron chi connectivity index (χ0n) is 7.84. The highest BCUT2D eigenvalue weighted by Gasteiger charge is 2.21. The molecular weight excluding hydrogens is 208 g/mol. The number of aliphatic carboxylic acids is 2. The lowest BCUT2D eigenvalue weighted by atomic mass is 10.2. The Morgan fingerprint density at radius 3 is 2.36 bits per heavy atom. The van der Waals surface area contributed by atoms with Gasteiger partial charge in [-0.25, -0.2) is 4.79 Å². The standard InChI is InChI=1S/C8H14O5S/c1-2-7(14)13-5(8(11)12)3-4-6(9)10/h5,7,14H,2-4H2,1H3,(H,9,10)(H,11,12). The van der Waals surface area contributed by atoms with E-state index < -0.39 is 23.5 Å². The number of hydrogen-bond acceptors (Lipinski definition) is 4. The van der Waals surface area contributed by atoms with E-state index in [9.17, 15) is 9.59 Å². The first-order chi connectivity index (χ1) is 6.47. The smallest absolute Gasteiger partial charge is 0.332 e. The molecule has 0 saturated carbocycles. The number of rotatable bonds is 7. The SMILES string of the molecule is CCC(S)OC(CCC(=O)O)C(=O)O. The van der Waals surface area contributed by atoms with Gasteiger partial charge < -0.3 is 14.9 Å². The van der Waals surface area contributed by atoms with E-state index in [2.05, 4.69) is 12.6 Å². The minimum atomic E-state index is -1.15. The van der Waals surface area contributed by atoms with Gasteiger partial charge >= 0.3 is 11.9 Å². The highest BCUT2D eigenvalue weighted by molar-refractivity contribution is 7.80. The summed E-state index contributed by atoms with van der Waals surface area (Å²) in [5, 5.41) is 17.0. The number of thiol groups is 1. The van der Waals surface area contributed by atoms with Gasteiger partial charge in [-0.3, -0.25) is 4.79 Å². The fourth-order valence-corrected chi connectivity index (χ4v) is 0.937. The maximum atomic E-state index is 10.6. The van der Waals surface area contributed by atoms with Crippen LogP contribution in [0.25, 0.3) is 0 Å². The van der Waals surface area contributed by atoms with Crippen molar-refractivity contribution in [3.05, 3.63) is 0 Å². The predicted molar refractivity (Wildman–Crippen MR) is 52.4 cm³/mol. The molecule has 0 radical (unpaired) electrons. The lowest BCUT2D eigenvalue weighted by Crippen LogP contribution is -2.27. The second-order valence-corrected chi connectivity index (χ2v) is 3.33. The summed E-state index contributed by atoms with van der Waals surface area (Å²) in [5.74, 6) is -2.19. The van der Waals surface area contributed by atoms with Gasteiger partial charge in [0.15, 0.2) is 6.10 Å². The first kappa shape index (κ1) is 13.2. The van der Waals surface area contributed by atoms with E-state index in [1.54, 1.807) is 6.92 Å². The molecule has 6 heteroatoms. The number of carboxylic acids is 2. The Morgan fingerprint density at radius 1 is 1.43 bits per heavy atom. The van der Waals surface area contributed by atoms with Gasteiger partial charge in [-0.1, -0.05) is 6.92 Å². The van der Waals surface area contributed by atoms with E-state index in [1.165, 1.54) is 0 Å². The van der Waals surface area contributed by atoms with E-state index in [0.717, 1.165) is 0 Å². The van der Waals surface area contributed by atoms with Gasteiger partial charge in [0.1, 0.15) is 5.44 Å². The van der Waals surface area contributed by atoms with Crippen LogP contribution in [-0.4, -0.2) is 33.7 Å². The maximum absolute atomic E-state index is 10.6. The van der Waals surface area contributed by atoms with Crippen molar-refractivity contribution >= 4 is 24.6 Å². The van der Waals surface area contributed by atoms with Crippen molar-refractivity contribution in [3.63, 3.8) is 0 Å². The lowest BCUT2D eigenvalue weighted by Gasteiger charge is -2.16. The summed E-state index contributed by atoms with van der Waals surface area (Å²) in [6.45, 7) is 1.80. The Bertz CT molecular complexity index is 206. The molecule has 0 rings (SSSR count). The Balaban J connectivity index is 4.02. The molecule has 0 spiro atoms. The van der Waals surface area contributed by atoms with E-state index in [-0.39, 0.29) is 12.8 Å². The zero-order valence-corrected chi connectivity index (χ0v) is 8.74. The van der Waals surface area contributed by atoms with Crippen LogP contribution in [-0.2, 0) is 14.3 Å². The van der Waals surface area contributed by atoms with Gasteiger partial charge in [-0.2, -0.15) is 0 Å². The summed E-state index contributed by atoms with van der Waals surface area (Å²) in [6.07, 6.45) is -0.781. The van der Waals surface area contributed by atoms with Crippen LogP contribution in [0.15, 0.2) is 0 Å². The molecule has 0 amide bonds. The van der Waals surface area contributed by atoms with Gasteiger partial charge in [-0.15, -0.1) is 12.6 Å². The van der Waals surface area contributed by atoms with Crippen LogP contribution in [0.2, 0.25) is 0 Å². The van der Waals surface area contributed by atoms with Crippen molar-refractivity contribution < 1.29 is 24.5 Å². The highest BCUT2D eigenvalue weighted by Crippen LogP contribution is 2.11. The fourth-order valence-electron chi connectivity index (χ4n) is 0.790. The second kappa shape index (κ2) is 6.67. The molecule has 2 N–H and O–H groups in total. The second-order valence-electron chi connectivity index (χ2n) is 2.76. The summed E-state index contributed by atoms with van der Waals surface area (Å²) in [5.41, 5.74) is -0.468. The first-order valence-electron chi connectivity index (χ1n) is 4.25. The largest absolute Gasteiger partial charge is 0.481 e. The molecule has 0 aromatic carbocycles. The van der Waals surface area contributed by atoms with Gasteiger partial charge in [-0.05, 0) is 12.8 Å².